The van der Waals surface area contributed by atoms with Gasteiger partial charge in [-0.2, -0.15) is 0 Å². The first-order valence-electron chi connectivity index (χ1n) is 7.60. The molecule has 0 fully saturated rings. The van der Waals surface area contributed by atoms with Gasteiger partial charge in [0.05, 0.1) is 12.8 Å². The van der Waals surface area contributed by atoms with E-state index < -0.39 is 0 Å². The molecule has 1 amide bonds. The van der Waals surface area contributed by atoms with Crippen molar-refractivity contribution in [2.45, 2.75) is 13.5 Å². The standard InChI is InChI=1S/C18H17N3O4/c1-12-8-17(25-21-12)18(22)20-14-5-6-15(23-2)16(9-14)24-11-13-4-3-7-19-10-13/h3-10H,11H2,1-2H3,(H,20,22). The topological polar surface area (TPSA) is 86.5 Å². The molecule has 128 valence electrons. The first-order chi connectivity index (χ1) is 12.2. The van der Waals surface area contributed by atoms with Crippen molar-refractivity contribution in [3.63, 3.8) is 0 Å². The van der Waals surface area contributed by atoms with Gasteiger partial charge < -0.3 is 19.3 Å². The Hall–Kier alpha value is -3.35. The van der Waals surface area contributed by atoms with E-state index in [1.165, 1.54) is 0 Å². The van der Waals surface area contributed by atoms with Gasteiger partial charge in [-0.05, 0) is 25.1 Å². The summed E-state index contributed by atoms with van der Waals surface area (Å²) in [7, 11) is 1.56. The van der Waals surface area contributed by atoms with E-state index in [1.807, 2.05) is 12.1 Å². The maximum absolute atomic E-state index is 12.1. The summed E-state index contributed by atoms with van der Waals surface area (Å²) in [5.41, 5.74) is 2.12. The summed E-state index contributed by atoms with van der Waals surface area (Å²) in [5.74, 6) is 0.838. The summed E-state index contributed by atoms with van der Waals surface area (Å²) in [5, 5.41) is 6.44. The highest BCUT2D eigenvalue weighted by Crippen LogP contribution is 2.31. The maximum Gasteiger partial charge on any atom is 0.294 e. The highest BCUT2D eigenvalue weighted by molar-refractivity contribution is 6.02. The number of nitrogens with one attached hydrogen (secondary N) is 1. The zero-order chi connectivity index (χ0) is 17.6. The molecule has 0 radical (unpaired) electrons. The second kappa shape index (κ2) is 7.48. The van der Waals surface area contributed by atoms with Gasteiger partial charge in [0.2, 0.25) is 5.76 Å². The van der Waals surface area contributed by atoms with Crippen molar-refractivity contribution in [1.82, 2.24) is 10.1 Å². The number of carbonyl (C=O) groups excluding carboxylic acids is 1. The lowest BCUT2D eigenvalue weighted by Gasteiger charge is -2.12. The Labute approximate surface area is 144 Å². The van der Waals surface area contributed by atoms with Crippen molar-refractivity contribution in [3.8, 4) is 11.5 Å². The molecule has 0 atom stereocenters. The second-order valence-corrected chi connectivity index (χ2v) is 5.30. The first-order valence-corrected chi connectivity index (χ1v) is 7.60. The number of aryl methyl sites for hydroxylation is 1. The van der Waals surface area contributed by atoms with E-state index >= 15 is 0 Å². The number of pyridine rings is 1. The zero-order valence-corrected chi connectivity index (χ0v) is 13.9. The number of rotatable bonds is 6. The molecule has 0 saturated carbocycles. The zero-order valence-electron chi connectivity index (χ0n) is 13.9. The summed E-state index contributed by atoms with van der Waals surface area (Å²) in [6, 6.07) is 10.5. The Kier molecular flexibility index (Phi) is 4.94. The minimum atomic E-state index is -0.385. The third-order valence-electron chi connectivity index (χ3n) is 3.39. The van der Waals surface area contributed by atoms with Gasteiger partial charge in [0.25, 0.3) is 5.91 Å². The van der Waals surface area contributed by atoms with Crippen molar-refractivity contribution in [2.24, 2.45) is 0 Å². The minimum Gasteiger partial charge on any atom is -0.493 e. The summed E-state index contributed by atoms with van der Waals surface area (Å²) < 4.78 is 16.0. The van der Waals surface area contributed by atoms with E-state index in [-0.39, 0.29) is 11.7 Å². The normalized spacial score (nSPS) is 10.3. The van der Waals surface area contributed by atoms with E-state index in [1.54, 1.807) is 50.7 Å². The van der Waals surface area contributed by atoms with Crippen LogP contribution >= 0.6 is 0 Å². The SMILES string of the molecule is COc1ccc(NC(=O)c2cc(C)no2)cc1OCc1cccnc1. The third kappa shape index (κ3) is 4.14. The summed E-state index contributed by atoms with van der Waals surface area (Å²) >= 11 is 0. The average Bonchev–Trinajstić information content (AvgIpc) is 3.07. The molecule has 7 heteroatoms. The van der Waals surface area contributed by atoms with Crippen LogP contribution in [-0.2, 0) is 6.61 Å². The van der Waals surface area contributed by atoms with Gasteiger partial charge in [0, 0.05) is 35.8 Å². The van der Waals surface area contributed by atoms with E-state index in [2.05, 4.69) is 15.5 Å². The van der Waals surface area contributed by atoms with Gasteiger partial charge in [-0.3, -0.25) is 9.78 Å². The monoisotopic (exact) mass is 339 g/mol. The van der Waals surface area contributed by atoms with Crippen molar-refractivity contribution in [2.75, 3.05) is 12.4 Å². The maximum atomic E-state index is 12.1. The lowest BCUT2D eigenvalue weighted by Crippen LogP contribution is -2.11. The molecular weight excluding hydrogens is 322 g/mol. The lowest BCUT2D eigenvalue weighted by atomic mass is 10.2. The average molecular weight is 339 g/mol. The molecule has 0 aliphatic heterocycles. The van der Waals surface area contributed by atoms with Crippen molar-refractivity contribution in [1.29, 1.82) is 0 Å². The second-order valence-electron chi connectivity index (χ2n) is 5.30. The predicted molar refractivity (Wildman–Crippen MR) is 90.8 cm³/mol. The first kappa shape index (κ1) is 16.5. The number of methoxy groups -OCH3 is 1. The summed E-state index contributed by atoms with van der Waals surface area (Å²) in [6.07, 6.45) is 3.43. The molecule has 25 heavy (non-hydrogen) atoms. The third-order valence-corrected chi connectivity index (χ3v) is 3.39. The molecule has 0 aliphatic rings. The van der Waals surface area contributed by atoms with E-state index in [0.29, 0.717) is 29.5 Å². The van der Waals surface area contributed by atoms with Crippen molar-refractivity contribution in [3.05, 3.63) is 65.8 Å². The number of nitrogens with zero attached hydrogens (tertiary/aromatic N) is 2. The fourth-order valence-corrected chi connectivity index (χ4v) is 2.18. The Morgan fingerprint density at radius 1 is 1.24 bits per heavy atom. The highest BCUT2D eigenvalue weighted by atomic mass is 16.5. The van der Waals surface area contributed by atoms with Crippen LogP contribution in [0.5, 0.6) is 11.5 Å². The van der Waals surface area contributed by atoms with Gasteiger partial charge in [-0.25, -0.2) is 0 Å². The van der Waals surface area contributed by atoms with Crippen LogP contribution in [-0.4, -0.2) is 23.2 Å². The van der Waals surface area contributed by atoms with Gasteiger partial charge in [0.1, 0.15) is 6.61 Å². The molecule has 7 nitrogen and oxygen atoms in total. The van der Waals surface area contributed by atoms with Crippen LogP contribution in [0.4, 0.5) is 5.69 Å². The predicted octanol–water partition coefficient (Wildman–Crippen LogP) is 3.22. The van der Waals surface area contributed by atoms with Crippen LogP contribution in [0.15, 0.2) is 53.3 Å². The Morgan fingerprint density at radius 3 is 2.80 bits per heavy atom. The van der Waals surface area contributed by atoms with Crippen molar-refractivity contribution < 1.29 is 18.8 Å². The Balaban J connectivity index is 1.74. The molecule has 3 aromatic rings. The summed E-state index contributed by atoms with van der Waals surface area (Å²) in [6.45, 7) is 2.08. The number of amides is 1. The number of benzene rings is 1. The van der Waals surface area contributed by atoms with Crippen LogP contribution in [0.1, 0.15) is 21.8 Å². The van der Waals surface area contributed by atoms with Crippen LogP contribution in [0.25, 0.3) is 0 Å². The lowest BCUT2D eigenvalue weighted by molar-refractivity contribution is 0.0988. The Morgan fingerprint density at radius 2 is 2.12 bits per heavy atom. The number of ether oxygens (including phenoxy) is 2. The molecule has 1 aromatic carbocycles. The molecule has 0 bridgehead atoms. The van der Waals surface area contributed by atoms with Gasteiger partial charge >= 0.3 is 0 Å². The van der Waals surface area contributed by atoms with Gasteiger partial charge in [-0.1, -0.05) is 11.2 Å². The molecule has 1 N–H and O–H groups in total. The minimum absolute atomic E-state index is 0.145. The molecule has 0 saturated heterocycles. The van der Waals surface area contributed by atoms with Crippen LogP contribution in [0.3, 0.4) is 0 Å². The van der Waals surface area contributed by atoms with E-state index in [4.69, 9.17) is 14.0 Å². The molecule has 0 spiro atoms. The highest BCUT2D eigenvalue weighted by Gasteiger charge is 2.13. The Bertz CT molecular complexity index is 862. The molecule has 3 rings (SSSR count). The number of aromatic nitrogens is 2. The number of hydrogen-bond acceptors (Lipinski definition) is 6. The largest absolute Gasteiger partial charge is 0.493 e. The van der Waals surface area contributed by atoms with E-state index in [9.17, 15) is 4.79 Å². The van der Waals surface area contributed by atoms with Crippen LogP contribution < -0.4 is 14.8 Å². The van der Waals surface area contributed by atoms with Gasteiger partial charge in [-0.15, -0.1) is 0 Å². The molecule has 2 heterocycles. The van der Waals surface area contributed by atoms with Crippen LogP contribution in [0, 0.1) is 6.92 Å². The number of carbonyl (C=O) groups is 1. The number of hydrogen-bond donors (Lipinski definition) is 1. The fourth-order valence-electron chi connectivity index (χ4n) is 2.18. The summed E-state index contributed by atoms with van der Waals surface area (Å²) in [4.78, 5) is 16.2. The van der Waals surface area contributed by atoms with E-state index in [0.717, 1.165) is 5.56 Å². The number of anilines is 1. The van der Waals surface area contributed by atoms with Crippen molar-refractivity contribution >= 4 is 11.6 Å². The fraction of sp³-hybridized carbons (Fsp3) is 0.167. The smallest absolute Gasteiger partial charge is 0.294 e. The molecule has 2 aromatic heterocycles. The molecule has 0 unspecified atom stereocenters. The van der Waals surface area contributed by atoms with Gasteiger partial charge in [0.15, 0.2) is 11.5 Å². The van der Waals surface area contributed by atoms with Crippen LogP contribution in [0.2, 0.25) is 0 Å². The quantitative estimate of drug-likeness (QED) is 0.742. The molecule has 0 aliphatic carbocycles. The molecular formula is C18H17N3O4.